The highest BCUT2D eigenvalue weighted by Gasteiger charge is 2.09. The number of amides is 1. The van der Waals surface area contributed by atoms with E-state index in [1.165, 1.54) is 0 Å². The third kappa shape index (κ3) is 5.75. The van der Waals surface area contributed by atoms with Gasteiger partial charge < -0.3 is 14.8 Å². The number of para-hydroxylation sites is 1. The monoisotopic (exact) mass is 265 g/mol. The highest BCUT2D eigenvalue weighted by atomic mass is 16.5. The molecule has 0 heterocycles. The summed E-state index contributed by atoms with van der Waals surface area (Å²) in [7, 11) is 1.56. The van der Waals surface area contributed by atoms with Crippen LogP contribution in [0, 0.1) is 0 Å². The first-order chi connectivity index (χ1) is 9.29. The number of hydrogen-bond donors (Lipinski definition) is 1. The molecule has 0 aliphatic rings. The molecule has 4 heteroatoms. The number of unbranched alkanes of at least 4 members (excludes halogenated alkanes) is 1. The largest absolute Gasteiger partial charge is 0.496 e. The lowest BCUT2D eigenvalue weighted by atomic mass is 10.2. The van der Waals surface area contributed by atoms with E-state index < -0.39 is 0 Å². The number of nitrogens with one attached hydrogen (secondary N) is 1. The van der Waals surface area contributed by atoms with Gasteiger partial charge in [0.15, 0.2) is 0 Å². The number of hydrogen-bond acceptors (Lipinski definition) is 3. The predicted octanol–water partition coefficient (Wildman–Crippen LogP) is 2.63. The molecule has 0 aromatic heterocycles. The minimum Gasteiger partial charge on any atom is -0.496 e. The van der Waals surface area contributed by atoms with Crippen molar-refractivity contribution in [1.82, 2.24) is 5.32 Å². The van der Waals surface area contributed by atoms with Crippen LogP contribution in [0.25, 0.3) is 0 Å². The first kappa shape index (κ1) is 15.5. The average Bonchev–Trinajstić information content (AvgIpc) is 2.46. The molecule has 0 spiro atoms. The van der Waals surface area contributed by atoms with Gasteiger partial charge in [-0.3, -0.25) is 4.79 Å². The summed E-state index contributed by atoms with van der Waals surface area (Å²) in [6.45, 7) is 4.24. The zero-order chi connectivity index (χ0) is 13.9. The van der Waals surface area contributed by atoms with Crippen molar-refractivity contribution in [2.24, 2.45) is 0 Å². The first-order valence-electron chi connectivity index (χ1n) is 6.78. The highest BCUT2D eigenvalue weighted by molar-refractivity contribution is 5.96. The molecule has 106 valence electrons. The quantitative estimate of drug-likeness (QED) is 0.698. The van der Waals surface area contributed by atoms with Gasteiger partial charge in [-0.1, -0.05) is 25.5 Å². The van der Waals surface area contributed by atoms with Gasteiger partial charge in [-0.25, -0.2) is 0 Å². The van der Waals surface area contributed by atoms with E-state index in [1.807, 2.05) is 12.1 Å². The van der Waals surface area contributed by atoms with Crippen LogP contribution in [0.5, 0.6) is 5.75 Å². The van der Waals surface area contributed by atoms with Crippen molar-refractivity contribution >= 4 is 5.91 Å². The Hall–Kier alpha value is -1.55. The molecule has 1 rings (SSSR count). The van der Waals surface area contributed by atoms with Crippen LogP contribution in [0.2, 0.25) is 0 Å². The number of ether oxygens (including phenoxy) is 2. The lowest BCUT2D eigenvalue weighted by Crippen LogP contribution is -2.25. The van der Waals surface area contributed by atoms with Crippen molar-refractivity contribution in [3.63, 3.8) is 0 Å². The summed E-state index contributed by atoms with van der Waals surface area (Å²) in [6, 6.07) is 7.21. The van der Waals surface area contributed by atoms with Gasteiger partial charge in [0.2, 0.25) is 0 Å². The van der Waals surface area contributed by atoms with Crippen molar-refractivity contribution in [2.45, 2.75) is 26.2 Å². The van der Waals surface area contributed by atoms with Crippen LogP contribution in [0.3, 0.4) is 0 Å². The Balaban J connectivity index is 2.24. The van der Waals surface area contributed by atoms with Gasteiger partial charge in [-0.05, 0) is 25.0 Å². The van der Waals surface area contributed by atoms with E-state index in [-0.39, 0.29) is 5.91 Å². The van der Waals surface area contributed by atoms with Crippen molar-refractivity contribution in [1.29, 1.82) is 0 Å². The molecule has 4 nitrogen and oxygen atoms in total. The van der Waals surface area contributed by atoms with Crippen molar-refractivity contribution in [2.75, 3.05) is 26.9 Å². The summed E-state index contributed by atoms with van der Waals surface area (Å²) in [5, 5.41) is 2.87. The molecule has 0 saturated carbocycles. The minimum atomic E-state index is -0.106. The van der Waals surface area contributed by atoms with E-state index in [9.17, 15) is 4.79 Å². The zero-order valence-electron chi connectivity index (χ0n) is 11.8. The van der Waals surface area contributed by atoms with E-state index >= 15 is 0 Å². The van der Waals surface area contributed by atoms with E-state index in [0.29, 0.717) is 24.5 Å². The standard InChI is InChI=1S/C15H23NO3/c1-3-4-11-19-12-7-10-16-15(17)13-8-5-6-9-14(13)18-2/h5-6,8-9H,3-4,7,10-12H2,1-2H3,(H,16,17). The maximum absolute atomic E-state index is 11.9. The maximum atomic E-state index is 11.9. The van der Waals surface area contributed by atoms with Crippen LogP contribution in [-0.2, 0) is 4.74 Å². The van der Waals surface area contributed by atoms with Gasteiger partial charge in [0.25, 0.3) is 5.91 Å². The fraction of sp³-hybridized carbons (Fsp3) is 0.533. The minimum absolute atomic E-state index is 0.106. The number of methoxy groups -OCH3 is 1. The second-order valence-electron chi connectivity index (χ2n) is 4.28. The normalized spacial score (nSPS) is 10.2. The fourth-order valence-corrected chi connectivity index (χ4v) is 1.65. The van der Waals surface area contributed by atoms with E-state index in [0.717, 1.165) is 25.9 Å². The molecule has 1 N–H and O–H groups in total. The average molecular weight is 265 g/mol. The molecule has 0 radical (unpaired) electrons. The second-order valence-corrected chi connectivity index (χ2v) is 4.28. The fourth-order valence-electron chi connectivity index (χ4n) is 1.65. The molecule has 0 aliphatic carbocycles. The molecular weight excluding hydrogens is 242 g/mol. The number of carbonyl (C=O) groups is 1. The summed E-state index contributed by atoms with van der Waals surface area (Å²) in [5.74, 6) is 0.491. The summed E-state index contributed by atoms with van der Waals surface area (Å²) in [5.41, 5.74) is 0.567. The number of benzene rings is 1. The van der Waals surface area contributed by atoms with Crippen molar-refractivity contribution in [3.05, 3.63) is 29.8 Å². The van der Waals surface area contributed by atoms with E-state index in [4.69, 9.17) is 9.47 Å². The molecule has 0 saturated heterocycles. The molecule has 0 bridgehead atoms. The Kier molecular flexibility index (Phi) is 7.66. The Labute approximate surface area is 115 Å². The molecule has 0 atom stereocenters. The molecule has 19 heavy (non-hydrogen) atoms. The Morgan fingerprint density at radius 1 is 1.21 bits per heavy atom. The molecule has 0 fully saturated rings. The SMILES string of the molecule is CCCCOCCCNC(=O)c1ccccc1OC. The second kappa shape index (κ2) is 9.39. The third-order valence-electron chi connectivity index (χ3n) is 2.74. The Morgan fingerprint density at radius 3 is 2.68 bits per heavy atom. The Morgan fingerprint density at radius 2 is 1.95 bits per heavy atom. The van der Waals surface area contributed by atoms with Crippen LogP contribution >= 0.6 is 0 Å². The summed E-state index contributed by atoms with van der Waals surface area (Å²) >= 11 is 0. The molecule has 1 aromatic rings. The van der Waals surface area contributed by atoms with Gasteiger partial charge in [-0.15, -0.1) is 0 Å². The van der Waals surface area contributed by atoms with Crippen molar-refractivity contribution < 1.29 is 14.3 Å². The van der Waals surface area contributed by atoms with Gasteiger partial charge in [0, 0.05) is 19.8 Å². The molecule has 1 aromatic carbocycles. The molecular formula is C15H23NO3. The number of rotatable bonds is 9. The summed E-state index contributed by atoms with van der Waals surface area (Å²) < 4.78 is 10.6. The van der Waals surface area contributed by atoms with Crippen LogP contribution in [0.4, 0.5) is 0 Å². The summed E-state index contributed by atoms with van der Waals surface area (Å²) in [4.78, 5) is 11.9. The lowest BCUT2D eigenvalue weighted by Gasteiger charge is -2.09. The first-order valence-corrected chi connectivity index (χ1v) is 6.78. The van der Waals surface area contributed by atoms with Crippen LogP contribution in [0.1, 0.15) is 36.5 Å². The zero-order valence-corrected chi connectivity index (χ0v) is 11.8. The molecule has 0 aliphatic heterocycles. The van der Waals surface area contributed by atoms with Crippen LogP contribution in [0.15, 0.2) is 24.3 Å². The van der Waals surface area contributed by atoms with Crippen molar-refractivity contribution in [3.8, 4) is 5.75 Å². The van der Waals surface area contributed by atoms with Gasteiger partial charge >= 0.3 is 0 Å². The van der Waals surface area contributed by atoms with Gasteiger partial charge in [0.05, 0.1) is 12.7 Å². The topological polar surface area (TPSA) is 47.6 Å². The number of carbonyl (C=O) groups excluding carboxylic acids is 1. The maximum Gasteiger partial charge on any atom is 0.255 e. The lowest BCUT2D eigenvalue weighted by molar-refractivity contribution is 0.0937. The van der Waals surface area contributed by atoms with E-state index in [2.05, 4.69) is 12.2 Å². The summed E-state index contributed by atoms with van der Waals surface area (Å²) in [6.07, 6.45) is 3.06. The van der Waals surface area contributed by atoms with E-state index in [1.54, 1.807) is 19.2 Å². The molecule has 0 unspecified atom stereocenters. The predicted molar refractivity (Wildman–Crippen MR) is 75.7 cm³/mol. The van der Waals surface area contributed by atoms with Gasteiger partial charge in [0.1, 0.15) is 5.75 Å². The van der Waals surface area contributed by atoms with Crippen LogP contribution in [-0.4, -0.2) is 32.8 Å². The van der Waals surface area contributed by atoms with Gasteiger partial charge in [-0.2, -0.15) is 0 Å². The molecule has 1 amide bonds. The Bertz CT molecular complexity index is 379. The third-order valence-corrected chi connectivity index (χ3v) is 2.74. The smallest absolute Gasteiger partial charge is 0.255 e. The highest BCUT2D eigenvalue weighted by Crippen LogP contribution is 2.16. The van der Waals surface area contributed by atoms with Crippen LogP contribution < -0.4 is 10.1 Å².